The molecule has 1 aromatic carbocycles. The molecule has 1 atom stereocenters. The van der Waals surface area contributed by atoms with Crippen LogP contribution < -0.4 is 0 Å². The Morgan fingerprint density at radius 1 is 1.26 bits per heavy atom. The number of alkyl halides is 1. The smallest absolute Gasteiger partial charge is 0.290 e. The van der Waals surface area contributed by atoms with E-state index in [0.717, 1.165) is 5.92 Å². The minimum atomic E-state index is -0.250. The van der Waals surface area contributed by atoms with Crippen molar-refractivity contribution in [3.8, 4) is 0 Å². The summed E-state index contributed by atoms with van der Waals surface area (Å²) in [7, 11) is 0. The summed E-state index contributed by atoms with van der Waals surface area (Å²) in [6.45, 7) is 2.01. The van der Waals surface area contributed by atoms with Crippen LogP contribution in [0.5, 0.6) is 0 Å². The SMILES string of the molecule is CCC(I)c1ccc(C2CCCCC2)cc1.O=CO. The Bertz CT molecular complexity index is 356. The van der Waals surface area contributed by atoms with Gasteiger partial charge in [0.25, 0.3) is 6.47 Å². The van der Waals surface area contributed by atoms with Crippen molar-refractivity contribution in [2.24, 2.45) is 0 Å². The summed E-state index contributed by atoms with van der Waals surface area (Å²) < 4.78 is 0.679. The highest BCUT2D eigenvalue weighted by molar-refractivity contribution is 14.1. The lowest BCUT2D eigenvalue weighted by molar-refractivity contribution is -0.122. The summed E-state index contributed by atoms with van der Waals surface area (Å²) >= 11 is 2.54. The molecular formula is C16H23IO2. The third kappa shape index (κ3) is 5.51. The lowest BCUT2D eigenvalue weighted by Crippen LogP contribution is -2.04. The molecule has 3 heteroatoms. The van der Waals surface area contributed by atoms with Crippen LogP contribution in [0.25, 0.3) is 0 Å². The zero-order valence-corrected chi connectivity index (χ0v) is 13.7. The van der Waals surface area contributed by atoms with Gasteiger partial charge >= 0.3 is 0 Å². The number of hydrogen-bond donors (Lipinski definition) is 1. The van der Waals surface area contributed by atoms with Gasteiger partial charge in [0.15, 0.2) is 0 Å². The van der Waals surface area contributed by atoms with Gasteiger partial charge in [-0.2, -0.15) is 0 Å². The average Bonchev–Trinajstić information content (AvgIpc) is 2.48. The van der Waals surface area contributed by atoms with Crippen LogP contribution >= 0.6 is 22.6 Å². The van der Waals surface area contributed by atoms with E-state index in [0.29, 0.717) is 3.92 Å². The van der Waals surface area contributed by atoms with Gasteiger partial charge in [0.1, 0.15) is 0 Å². The second kappa shape index (κ2) is 9.34. The minimum absolute atomic E-state index is 0.250. The fraction of sp³-hybridized carbons (Fsp3) is 0.562. The van der Waals surface area contributed by atoms with Crippen molar-refractivity contribution < 1.29 is 9.90 Å². The number of benzene rings is 1. The molecule has 1 saturated carbocycles. The molecule has 1 aliphatic rings. The van der Waals surface area contributed by atoms with Gasteiger partial charge in [0.2, 0.25) is 0 Å². The van der Waals surface area contributed by atoms with Gasteiger partial charge in [-0.1, -0.05) is 73.0 Å². The Morgan fingerprint density at radius 3 is 2.26 bits per heavy atom. The molecule has 0 bridgehead atoms. The Hall–Kier alpha value is -0.580. The second-order valence-corrected chi connectivity index (χ2v) is 6.49. The summed E-state index contributed by atoms with van der Waals surface area (Å²) in [5.74, 6) is 0.845. The van der Waals surface area contributed by atoms with E-state index in [2.05, 4.69) is 53.8 Å². The van der Waals surface area contributed by atoms with Crippen molar-refractivity contribution in [3.63, 3.8) is 0 Å². The van der Waals surface area contributed by atoms with Crippen LogP contribution in [0, 0.1) is 0 Å². The van der Waals surface area contributed by atoms with Gasteiger partial charge in [-0.05, 0) is 36.3 Å². The van der Waals surface area contributed by atoms with Crippen molar-refractivity contribution >= 4 is 29.1 Å². The van der Waals surface area contributed by atoms with Crippen molar-refractivity contribution in [2.45, 2.75) is 55.3 Å². The first kappa shape index (κ1) is 16.5. The van der Waals surface area contributed by atoms with Gasteiger partial charge in [-0.3, -0.25) is 4.79 Å². The molecule has 1 fully saturated rings. The molecule has 2 rings (SSSR count). The van der Waals surface area contributed by atoms with Crippen molar-refractivity contribution in [2.75, 3.05) is 0 Å². The quantitative estimate of drug-likeness (QED) is 0.442. The fourth-order valence-electron chi connectivity index (χ4n) is 2.65. The van der Waals surface area contributed by atoms with E-state index in [1.807, 2.05) is 0 Å². The zero-order valence-electron chi connectivity index (χ0n) is 11.5. The zero-order chi connectivity index (χ0) is 14.1. The second-order valence-electron chi connectivity index (χ2n) is 4.98. The van der Waals surface area contributed by atoms with E-state index in [9.17, 15) is 0 Å². The van der Waals surface area contributed by atoms with E-state index in [4.69, 9.17) is 9.90 Å². The van der Waals surface area contributed by atoms with Gasteiger partial charge in [0, 0.05) is 3.92 Å². The fourth-order valence-corrected chi connectivity index (χ4v) is 3.06. The molecule has 1 aromatic rings. The van der Waals surface area contributed by atoms with E-state index in [-0.39, 0.29) is 6.47 Å². The lowest BCUT2D eigenvalue weighted by atomic mass is 9.84. The molecule has 1 unspecified atom stereocenters. The highest BCUT2D eigenvalue weighted by atomic mass is 127. The normalized spacial score (nSPS) is 17.2. The summed E-state index contributed by atoms with van der Waals surface area (Å²) in [5, 5.41) is 6.89. The van der Waals surface area contributed by atoms with Crippen molar-refractivity contribution in [1.82, 2.24) is 0 Å². The van der Waals surface area contributed by atoms with Crippen LogP contribution in [-0.2, 0) is 4.79 Å². The Morgan fingerprint density at radius 2 is 1.79 bits per heavy atom. The highest BCUT2D eigenvalue weighted by Crippen LogP contribution is 2.34. The molecule has 1 aliphatic carbocycles. The van der Waals surface area contributed by atoms with E-state index < -0.39 is 0 Å². The maximum absolute atomic E-state index is 8.36. The summed E-state index contributed by atoms with van der Waals surface area (Å²) in [6.07, 6.45) is 8.33. The maximum atomic E-state index is 8.36. The molecular weight excluding hydrogens is 351 g/mol. The number of halogens is 1. The molecule has 2 nitrogen and oxygen atoms in total. The molecule has 1 N–H and O–H groups in total. The third-order valence-corrected chi connectivity index (χ3v) is 5.33. The van der Waals surface area contributed by atoms with E-state index >= 15 is 0 Å². The molecule has 0 heterocycles. The molecule has 0 aromatic heterocycles. The predicted molar refractivity (Wildman–Crippen MR) is 88.0 cm³/mol. The minimum Gasteiger partial charge on any atom is -0.483 e. The first-order chi connectivity index (χ1) is 9.22. The molecule has 0 radical (unpaired) electrons. The van der Waals surface area contributed by atoms with E-state index in [1.165, 1.54) is 44.1 Å². The highest BCUT2D eigenvalue weighted by Gasteiger charge is 2.15. The van der Waals surface area contributed by atoms with Crippen LogP contribution in [0.3, 0.4) is 0 Å². The summed E-state index contributed by atoms with van der Waals surface area (Å²) in [6, 6.07) is 9.41. The van der Waals surface area contributed by atoms with Crippen LogP contribution in [-0.4, -0.2) is 11.6 Å². The number of carbonyl (C=O) groups is 1. The lowest BCUT2D eigenvalue weighted by Gasteiger charge is -2.22. The third-order valence-electron chi connectivity index (χ3n) is 3.73. The average molecular weight is 374 g/mol. The van der Waals surface area contributed by atoms with Gasteiger partial charge in [0.05, 0.1) is 0 Å². The van der Waals surface area contributed by atoms with E-state index in [1.54, 1.807) is 5.56 Å². The van der Waals surface area contributed by atoms with Gasteiger partial charge in [-0.15, -0.1) is 0 Å². The summed E-state index contributed by atoms with van der Waals surface area (Å²) in [4.78, 5) is 8.36. The van der Waals surface area contributed by atoms with Crippen molar-refractivity contribution in [1.29, 1.82) is 0 Å². The molecule has 19 heavy (non-hydrogen) atoms. The first-order valence-corrected chi connectivity index (χ1v) is 8.29. The molecule has 0 aliphatic heterocycles. The molecule has 106 valence electrons. The Labute approximate surface area is 129 Å². The molecule has 0 saturated heterocycles. The van der Waals surface area contributed by atoms with Crippen molar-refractivity contribution in [3.05, 3.63) is 35.4 Å². The first-order valence-electron chi connectivity index (χ1n) is 7.04. The van der Waals surface area contributed by atoms with Crippen LogP contribution in [0.15, 0.2) is 24.3 Å². The van der Waals surface area contributed by atoms with Gasteiger partial charge < -0.3 is 5.11 Å². The largest absolute Gasteiger partial charge is 0.483 e. The molecule has 0 amide bonds. The standard InChI is InChI=1S/C15H21I.CH2O2/c1-2-15(16)14-10-8-13(9-11-14)12-6-4-3-5-7-12;2-1-3/h8-12,15H,2-7H2,1H3;1H,(H,2,3). The van der Waals surface area contributed by atoms with Crippen LogP contribution in [0.1, 0.15) is 66.4 Å². The molecule has 0 spiro atoms. The van der Waals surface area contributed by atoms with Crippen LogP contribution in [0.4, 0.5) is 0 Å². The number of carboxylic acid groups (broad SMARTS) is 1. The topological polar surface area (TPSA) is 37.3 Å². The van der Waals surface area contributed by atoms with Gasteiger partial charge in [-0.25, -0.2) is 0 Å². The Kier molecular flexibility index (Phi) is 8.10. The predicted octanol–water partition coefficient (Wildman–Crippen LogP) is 5.32. The van der Waals surface area contributed by atoms with Crippen LogP contribution in [0.2, 0.25) is 0 Å². The maximum Gasteiger partial charge on any atom is 0.290 e. The summed E-state index contributed by atoms with van der Waals surface area (Å²) in [5.41, 5.74) is 3.06. The number of rotatable bonds is 3. The number of hydrogen-bond acceptors (Lipinski definition) is 1. The Balaban J connectivity index is 0.000000550. The monoisotopic (exact) mass is 374 g/mol.